The van der Waals surface area contributed by atoms with Gasteiger partial charge in [-0.05, 0) is 30.2 Å². The second kappa shape index (κ2) is 6.59. The molecule has 0 saturated heterocycles. The molecule has 4 aromatic rings. The van der Waals surface area contributed by atoms with E-state index in [4.69, 9.17) is 4.74 Å². The van der Waals surface area contributed by atoms with Gasteiger partial charge in [-0.2, -0.15) is 10.1 Å². The summed E-state index contributed by atoms with van der Waals surface area (Å²) in [5.74, 6) is 1.61. The summed E-state index contributed by atoms with van der Waals surface area (Å²) in [5, 5.41) is 8.10. The summed E-state index contributed by atoms with van der Waals surface area (Å²) in [6, 6.07) is 27.1. The molecule has 5 nitrogen and oxygen atoms in total. The predicted molar refractivity (Wildman–Crippen MR) is 116 cm³/mol. The zero-order chi connectivity index (χ0) is 20.1. The number of nitrogens with one attached hydrogen (secondary N) is 1. The van der Waals surface area contributed by atoms with Crippen molar-refractivity contribution in [3.63, 3.8) is 0 Å². The van der Waals surface area contributed by atoms with Crippen LogP contribution in [0.4, 0.5) is 5.95 Å². The van der Waals surface area contributed by atoms with Crippen molar-refractivity contribution in [2.24, 2.45) is 0 Å². The SMILES string of the molecule is Cc1ccc(C2C3=C(Nc4ncnn42)c2ccccc2OC3c2ccccc2)cc1. The van der Waals surface area contributed by atoms with Gasteiger partial charge in [0.25, 0.3) is 0 Å². The second-order valence-electron chi connectivity index (χ2n) is 7.70. The van der Waals surface area contributed by atoms with Crippen LogP contribution in [0.25, 0.3) is 5.70 Å². The molecule has 2 aliphatic rings. The van der Waals surface area contributed by atoms with Crippen molar-refractivity contribution in [3.05, 3.63) is 113 Å². The number of rotatable bonds is 2. The molecule has 6 rings (SSSR count). The molecular weight excluding hydrogens is 372 g/mol. The lowest BCUT2D eigenvalue weighted by atomic mass is 9.84. The largest absolute Gasteiger partial charge is 0.480 e. The maximum atomic E-state index is 6.60. The lowest BCUT2D eigenvalue weighted by Gasteiger charge is -2.39. The van der Waals surface area contributed by atoms with Crippen molar-refractivity contribution in [1.82, 2.24) is 14.8 Å². The van der Waals surface area contributed by atoms with Gasteiger partial charge in [-0.3, -0.25) is 0 Å². The molecule has 3 aromatic carbocycles. The molecule has 2 aliphatic heterocycles. The minimum absolute atomic E-state index is 0.113. The Hall–Kier alpha value is -3.86. The van der Waals surface area contributed by atoms with Crippen LogP contribution in [0.2, 0.25) is 0 Å². The van der Waals surface area contributed by atoms with Crippen LogP contribution in [0, 0.1) is 6.92 Å². The standard InChI is InChI=1S/C25H20N4O/c1-16-11-13-17(14-12-16)23-21-22(28-25-26-15-27-29(23)25)19-9-5-6-10-20(19)30-24(21)18-7-3-2-4-8-18/h2-15,23-24H,1H3,(H,26,27,28). The molecule has 0 bridgehead atoms. The zero-order valence-electron chi connectivity index (χ0n) is 16.5. The first kappa shape index (κ1) is 17.0. The maximum absolute atomic E-state index is 6.60. The van der Waals surface area contributed by atoms with Gasteiger partial charge in [-0.1, -0.05) is 72.3 Å². The number of hydrogen-bond acceptors (Lipinski definition) is 4. The quantitative estimate of drug-likeness (QED) is 0.513. The average molecular weight is 392 g/mol. The Morgan fingerprint density at radius 3 is 2.47 bits per heavy atom. The van der Waals surface area contributed by atoms with E-state index in [1.807, 2.05) is 28.9 Å². The van der Waals surface area contributed by atoms with Crippen LogP contribution in [0.1, 0.15) is 34.4 Å². The Balaban J connectivity index is 1.63. The molecule has 5 heteroatoms. The Morgan fingerprint density at radius 2 is 1.63 bits per heavy atom. The van der Waals surface area contributed by atoms with E-state index in [-0.39, 0.29) is 12.1 Å². The number of fused-ring (bicyclic) bond motifs is 3. The van der Waals surface area contributed by atoms with E-state index in [0.29, 0.717) is 0 Å². The molecule has 0 amide bonds. The third kappa shape index (κ3) is 2.55. The molecule has 1 aromatic heterocycles. The topological polar surface area (TPSA) is 52.0 Å². The van der Waals surface area contributed by atoms with E-state index in [1.54, 1.807) is 6.33 Å². The van der Waals surface area contributed by atoms with Gasteiger partial charge >= 0.3 is 0 Å². The van der Waals surface area contributed by atoms with E-state index in [9.17, 15) is 0 Å². The highest BCUT2D eigenvalue weighted by molar-refractivity contribution is 5.85. The van der Waals surface area contributed by atoms with Crippen LogP contribution in [0.15, 0.2) is 90.8 Å². The molecule has 2 atom stereocenters. The summed E-state index contributed by atoms with van der Waals surface area (Å²) in [5.41, 5.74) is 6.74. The number of nitrogens with zero attached hydrogens (tertiary/aromatic N) is 3. The lowest BCUT2D eigenvalue weighted by Crippen LogP contribution is -2.32. The Bertz CT molecular complexity index is 1260. The smallest absolute Gasteiger partial charge is 0.226 e. The van der Waals surface area contributed by atoms with Gasteiger partial charge in [-0.25, -0.2) is 4.68 Å². The normalized spacial score (nSPS) is 19.2. The molecule has 146 valence electrons. The van der Waals surface area contributed by atoms with Crippen LogP contribution < -0.4 is 10.1 Å². The van der Waals surface area contributed by atoms with Crippen LogP contribution in [0.5, 0.6) is 5.75 Å². The van der Waals surface area contributed by atoms with Gasteiger partial charge in [-0.15, -0.1) is 0 Å². The fourth-order valence-corrected chi connectivity index (χ4v) is 4.39. The maximum Gasteiger partial charge on any atom is 0.226 e. The molecule has 2 unspecified atom stereocenters. The van der Waals surface area contributed by atoms with E-state index >= 15 is 0 Å². The lowest BCUT2D eigenvalue weighted by molar-refractivity contribution is 0.223. The Morgan fingerprint density at radius 1 is 0.867 bits per heavy atom. The number of aromatic nitrogens is 3. The van der Waals surface area contributed by atoms with Gasteiger partial charge < -0.3 is 10.1 Å². The van der Waals surface area contributed by atoms with Crippen LogP contribution >= 0.6 is 0 Å². The molecule has 0 spiro atoms. The van der Waals surface area contributed by atoms with Crippen molar-refractivity contribution in [2.75, 3.05) is 5.32 Å². The van der Waals surface area contributed by atoms with E-state index in [2.05, 4.69) is 76.9 Å². The molecule has 30 heavy (non-hydrogen) atoms. The van der Waals surface area contributed by atoms with Crippen molar-refractivity contribution in [2.45, 2.75) is 19.1 Å². The first-order valence-corrected chi connectivity index (χ1v) is 10.1. The molecule has 0 saturated carbocycles. The first-order chi connectivity index (χ1) is 14.8. The minimum Gasteiger partial charge on any atom is -0.480 e. The fourth-order valence-electron chi connectivity index (χ4n) is 4.39. The molecule has 0 fully saturated rings. The summed E-state index contributed by atoms with van der Waals surface area (Å²) >= 11 is 0. The van der Waals surface area contributed by atoms with Gasteiger partial charge in [0.1, 0.15) is 24.2 Å². The number of hydrogen-bond donors (Lipinski definition) is 1. The van der Waals surface area contributed by atoms with E-state index < -0.39 is 0 Å². The second-order valence-corrected chi connectivity index (χ2v) is 7.70. The number of ether oxygens (including phenoxy) is 1. The van der Waals surface area contributed by atoms with Gasteiger partial charge in [0, 0.05) is 11.1 Å². The van der Waals surface area contributed by atoms with Crippen molar-refractivity contribution < 1.29 is 4.74 Å². The summed E-state index contributed by atoms with van der Waals surface area (Å²) < 4.78 is 8.55. The Kier molecular flexibility index (Phi) is 3.74. The highest BCUT2D eigenvalue weighted by Gasteiger charge is 2.40. The van der Waals surface area contributed by atoms with E-state index in [0.717, 1.165) is 39.7 Å². The molecule has 3 heterocycles. The van der Waals surface area contributed by atoms with Crippen molar-refractivity contribution >= 4 is 11.6 Å². The average Bonchev–Trinajstić information content (AvgIpc) is 3.27. The monoisotopic (exact) mass is 392 g/mol. The predicted octanol–water partition coefficient (Wildman–Crippen LogP) is 5.15. The molecule has 0 radical (unpaired) electrons. The number of anilines is 1. The third-order valence-corrected chi connectivity index (χ3v) is 5.82. The van der Waals surface area contributed by atoms with Gasteiger partial charge in [0.05, 0.1) is 5.70 Å². The van der Waals surface area contributed by atoms with Crippen LogP contribution in [-0.2, 0) is 0 Å². The van der Waals surface area contributed by atoms with Crippen molar-refractivity contribution in [1.29, 1.82) is 0 Å². The highest BCUT2D eigenvalue weighted by atomic mass is 16.5. The number of aryl methyl sites for hydroxylation is 1. The molecule has 1 N–H and O–H groups in total. The van der Waals surface area contributed by atoms with Gasteiger partial charge in [0.2, 0.25) is 5.95 Å². The third-order valence-electron chi connectivity index (χ3n) is 5.82. The molecular formula is C25H20N4O. The summed E-state index contributed by atoms with van der Waals surface area (Å²) in [7, 11) is 0. The first-order valence-electron chi connectivity index (χ1n) is 10.1. The van der Waals surface area contributed by atoms with Crippen molar-refractivity contribution in [3.8, 4) is 5.75 Å². The zero-order valence-corrected chi connectivity index (χ0v) is 16.5. The summed E-state index contributed by atoms with van der Waals surface area (Å²) in [6.07, 6.45) is 1.37. The minimum atomic E-state index is -0.229. The van der Waals surface area contributed by atoms with E-state index in [1.165, 1.54) is 5.56 Å². The summed E-state index contributed by atoms with van der Waals surface area (Å²) in [6.45, 7) is 2.10. The van der Waals surface area contributed by atoms with Crippen LogP contribution in [-0.4, -0.2) is 14.8 Å². The Labute approximate surface area is 174 Å². The van der Waals surface area contributed by atoms with Gasteiger partial charge in [0.15, 0.2) is 0 Å². The molecule has 0 aliphatic carbocycles. The fraction of sp³-hybridized carbons (Fsp3) is 0.120. The highest BCUT2D eigenvalue weighted by Crippen LogP contribution is 2.50. The summed E-state index contributed by atoms with van der Waals surface area (Å²) in [4.78, 5) is 4.48. The number of benzene rings is 3. The van der Waals surface area contributed by atoms with Crippen LogP contribution in [0.3, 0.4) is 0 Å². The number of para-hydroxylation sites is 1.